The van der Waals surface area contributed by atoms with Crippen LogP contribution in [0, 0.1) is 11.6 Å². The Morgan fingerprint density at radius 1 is 1.17 bits per heavy atom. The fourth-order valence-corrected chi connectivity index (χ4v) is 6.67. The number of amides is 2. The molecule has 222 valence electrons. The van der Waals surface area contributed by atoms with E-state index in [1.165, 1.54) is 6.07 Å². The van der Waals surface area contributed by atoms with Crippen molar-refractivity contribution in [2.45, 2.75) is 75.5 Å². The lowest BCUT2D eigenvalue weighted by molar-refractivity contribution is -0.136. The van der Waals surface area contributed by atoms with Crippen LogP contribution in [0.4, 0.5) is 19.4 Å². The predicted octanol–water partition coefficient (Wildman–Crippen LogP) is 5.57. The number of fused-ring (bicyclic) bond motifs is 3. The normalized spacial score (nSPS) is 21.6. The van der Waals surface area contributed by atoms with Crippen LogP contribution in [-0.4, -0.2) is 51.6 Å². The molecule has 0 bridgehead atoms. The molecule has 3 aliphatic heterocycles. The molecule has 1 spiro atoms. The number of halogens is 2. The number of nitrogens with zero attached hydrogens (tertiary/aromatic N) is 4. The molecule has 2 aromatic heterocycles. The largest absolute Gasteiger partial charge is 0.437 e. The number of likely N-dealkylation sites (tertiary alicyclic amines) is 1. The minimum absolute atomic E-state index is 0.0148. The first-order chi connectivity index (χ1) is 20.1. The van der Waals surface area contributed by atoms with Crippen LogP contribution in [0.15, 0.2) is 42.7 Å². The van der Waals surface area contributed by atoms with Crippen molar-refractivity contribution >= 4 is 17.8 Å². The van der Waals surface area contributed by atoms with Crippen LogP contribution >= 0.6 is 0 Å². The van der Waals surface area contributed by atoms with Crippen molar-refractivity contribution in [3.05, 3.63) is 77.0 Å². The number of carbonyl (C=O) groups is 2. The number of anilines is 1. The minimum Gasteiger partial charge on any atom is -0.437 e. The maximum absolute atomic E-state index is 14.9. The number of benzene rings is 1. The van der Waals surface area contributed by atoms with Gasteiger partial charge in [0.15, 0.2) is 11.6 Å². The van der Waals surface area contributed by atoms with E-state index in [-0.39, 0.29) is 24.2 Å². The number of pyridine rings is 1. The average molecular weight is 580 g/mol. The summed E-state index contributed by atoms with van der Waals surface area (Å²) in [6.07, 6.45) is 5.19. The smallest absolute Gasteiger partial charge is 0.413 e. The molecular formula is C31H35F2N5O4. The Labute approximate surface area is 243 Å². The molecule has 2 atom stereocenters. The lowest BCUT2D eigenvalue weighted by Gasteiger charge is -2.43. The number of nitrogens with one attached hydrogen (secondary N) is 1. The third kappa shape index (κ3) is 4.93. The van der Waals surface area contributed by atoms with Gasteiger partial charge >= 0.3 is 6.09 Å². The van der Waals surface area contributed by atoms with E-state index in [0.29, 0.717) is 56.7 Å². The van der Waals surface area contributed by atoms with Crippen LogP contribution in [0.2, 0.25) is 0 Å². The summed E-state index contributed by atoms with van der Waals surface area (Å²) in [5.41, 5.74) is 0.487. The summed E-state index contributed by atoms with van der Waals surface area (Å²) in [7, 11) is 1.62. The molecular weight excluding hydrogens is 544 g/mol. The van der Waals surface area contributed by atoms with Crippen molar-refractivity contribution < 1.29 is 27.8 Å². The van der Waals surface area contributed by atoms with Gasteiger partial charge in [-0.3, -0.25) is 10.1 Å². The van der Waals surface area contributed by atoms with E-state index in [1.807, 2.05) is 35.4 Å². The summed E-state index contributed by atoms with van der Waals surface area (Å²) in [4.78, 5) is 36.8. The van der Waals surface area contributed by atoms with Gasteiger partial charge in [0.2, 0.25) is 5.91 Å². The lowest BCUT2D eigenvalue weighted by Crippen LogP contribution is -2.50. The average Bonchev–Trinajstić information content (AvgIpc) is 3.32. The van der Waals surface area contributed by atoms with Crippen molar-refractivity contribution in [2.24, 2.45) is 0 Å². The second-order valence-corrected chi connectivity index (χ2v) is 11.9. The van der Waals surface area contributed by atoms with Crippen molar-refractivity contribution in [3.8, 4) is 0 Å². The van der Waals surface area contributed by atoms with Gasteiger partial charge in [-0.05, 0) is 50.5 Å². The van der Waals surface area contributed by atoms with E-state index >= 15 is 0 Å². The number of imidazole rings is 1. The molecule has 1 N–H and O–H groups in total. The molecule has 0 radical (unpaired) electrons. The molecule has 42 heavy (non-hydrogen) atoms. The summed E-state index contributed by atoms with van der Waals surface area (Å²) in [6, 6.07) is 8.02. The molecule has 9 nitrogen and oxygen atoms in total. The van der Waals surface area contributed by atoms with E-state index in [1.54, 1.807) is 25.6 Å². The molecule has 3 aromatic rings. The quantitative estimate of drug-likeness (QED) is 0.425. The lowest BCUT2D eigenvalue weighted by atomic mass is 9.83. The minimum atomic E-state index is -0.868. The molecule has 11 heteroatoms. The maximum atomic E-state index is 14.9. The van der Waals surface area contributed by atoms with Gasteiger partial charge in [0.25, 0.3) is 0 Å². The van der Waals surface area contributed by atoms with Crippen LogP contribution in [-0.2, 0) is 32.0 Å². The van der Waals surface area contributed by atoms with E-state index in [9.17, 15) is 18.4 Å². The molecule has 0 aliphatic carbocycles. The molecule has 5 heterocycles. The van der Waals surface area contributed by atoms with Crippen molar-refractivity contribution in [2.75, 3.05) is 25.5 Å². The Hall–Kier alpha value is -3.86. The van der Waals surface area contributed by atoms with Gasteiger partial charge in [0, 0.05) is 69.6 Å². The highest BCUT2D eigenvalue weighted by molar-refractivity contribution is 5.87. The fraction of sp³-hybridized carbons (Fsp3) is 0.484. The summed E-state index contributed by atoms with van der Waals surface area (Å²) in [5.74, 6) is -0.965. The number of hydrogen-bond acceptors (Lipinski definition) is 6. The van der Waals surface area contributed by atoms with Crippen molar-refractivity contribution in [1.82, 2.24) is 19.4 Å². The Bertz CT molecular complexity index is 1510. The Morgan fingerprint density at radius 3 is 2.71 bits per heavy atom. The zero-order valence-corrected chi connectivity index (χ0v) is 24.0. The van der Waals surface area contributed by atoms with Gasteiger partial charge in [-0.2, -0.15) is 0 Å². The summed E-state index contributed by atoms with van der Waals surface area (Å²) >= 11 is 0. The highest BCUT2D eigenvalue weighted by Gasteiger charge is 2.46. The third-order valence-electron chi connectivity index (χ3n) is 9.22. The third-order valence-corrected chi connectivity index (χ3v) is 9.22. The SMILES string of the molecule is COC(C)(C)c1cnc2n1C[C@@H](c1cccc(F)c1F)CC[C@@H]2CC(=O)N1CCC2(CC1)OC(=O)Nc1ncccc12. The van der Waals surface area contributed by atoms with Gasteiger partial charge < -0.3 is 18.9 Å². The van der Waals surface area contributed by atoms with Crippen molar-refractivity contribution in [3.63, 3.8) is 0 Å². The Balaban J connectivity index is 1.23. The molecule has 1 saturated heterocycles. The molecule has 2 amide bonds. The number of methoxy groups -OCH3 is 1. The van der Waals surface area contributed by atoms with Gasteiger partial charge in [0.05, 0.1) is 11.9 Å². The second-order valence-electron chi connectivity index (χ2n) is 11.9. The molecule has 1 aromatic carbocycles. The highest BCUT2D eigenvalue weighted by atomic mass is 19.2. The number of piperidine rings is 1. The van der Waals surface area contributed by atoms with E-state index in [0.717, 1.165) is 23.1 Å². The fourth-order valence-electron chi connectivity index (χ4n) is 6.67. The van der Waals surface area contributed by atoms with Crippen molar-refractivity contribution in [1.29, 1.82) is 0 Å². The zero-order chi connectivity index (χ0) is 29.6. The monoisotopic (exact) mass is 579 g/mol. The van der Waals surface area contributed by atoms with Crippen LogP contribution < -0.4 is 5.32 Å². The van der Waals surface area contributed by atoms with E-state index in [2.05, 4.69) is 10.3 Å². The van der Waals surface area contributed by atoms with Crippen LogP contribution in [0.3, 0.4) is 0 Å². The molecule has 1 fully saturated rings. The number of rotatable bonds is 5. The van der Waals surface area contributed by atoms with Crippen LogP contribution in [0.25, 0.3) is 0 Å². The van der Waals surface area contributed by atoms with E-state index in [4.69, 9.17) is 14.5 Å². The van der Waals surface area contributed by atoms with Gasteiger partial charge in [-0.15, -0.1) is 0 Å². The van der Waals surface area contributed by atoms with Gasteiger partial charge in [0.1, 0.15) is 22.8 Å². The first kappa shape index (κ1) is 28.3. The Kier molecular flexibility index (Phi) is 7.24. The van der Waals surface area contributed by atoms with Gasteiger partial charge in [-0.1, -0.05) is 12.1 Å². The first-order valence-corrected chi connectivity index (χ1v) is 14.4. The Morgan fingerprint density at radius 2 is 1.95 bits per heavy atom. The maximum Gasteiger partial charge on any atom is 0.413 e. The van der Waals surface area contributed by atoms with Gasteiger partial charge in [-0.25, -0.2) is 23.5 Å². The molecule has 3 aliphatic rings. The number of carbonyl (C=O) groups excluding carboxylic acids is 2. The summed E-state index contributed by atoms with van der Waals surface area (Å²) < 4.78 is 42.7. The molecule has 0 unspecified atom stereocenters. The van der Waals surface area contributed by atoms with E-state index < -0.39 is 28.9 Å². The zero-order valence-electron chi connectivity index (χ0n) is 24.0. The number of aromatic nitrogens is 3. The standard InChI is InChI=1S/C31H35F2N5O4/c1-30(2,41-3)24-17-35-28-19(9-10-20(18-38(24)28)21-6-4-8-23(32)26(21)33)16-25(39)37-14-11-31(12-15-37)22-7-5-13-34-27(22)36-29(40)42-31/h4-8,13,17,19-20H,9-12,14-16,18H2,1-3H3,(H,34,36,40)/t19-,20+/m1/s1. The number of hydrogen-bond donors (Lipinski definition) is 1. The predicted molar refractivity (Wildman–Crippen MR) is 150 cm³/mol. The second kappa shape index (κ2) is 10.8. The summed E-state index contributed by atoms with van der Waals surface area (Å²) in [6.45, 7) is 5.14. The molecule has 6 rings (SSSR count). The molecule has 0 saturated carbocycles. The summed E-state index contributed by atoms with van der Waals surface area (Å²) in [5, 5.41) is 2.66. The topological polar surface area (TPSA) is 98.6 Å². The van der Waals surface area contributed by atoms with Crippen LogP contribution in [0.1, 0.15) is 80.4 Å². The highest BCUT2D eigenvalue weighted by Crippen LogP contribution is 2.44. The first-order valence-electron chi connectivity index (χ1n) is 14.4. The van der Waals surface area contributed by atoms with Crippen LogP contribution in [0.5, 0.6) is 0 Å². The number of ether oxygens (including phenoxy) is 2.